The predicted octanol–water partition coefficient (Wildman–Crippen LogP) is 3.77. The molecule has 6 heteroatoms. The summed E-state index contributed by atoms with van der Waals surface area (Å²) in [5, 5.41) is 3.40. The number of nitrogens with one attached hydrogen (secondary N) is 1. The van der Waals surface area contributed by atoms with Gasteiger partial charge in [0, 0.05) is 45.9 Å². The van der Waals surface area contributed by atoms with Gasteiger partial charge in [0.15, 0.2) is 5.96 Å². The van der Waals surface area contributed by atoms with Crippen LogP contribution >= 0.6 is 0 Å². The minimum Gasteiger partial charge on any atom is -0.492 e. The Hall–Kier alpha value is -2.57. The number of benzene rings is 2. The average molecular weight is 439 g/mol. The van der Waals surface area contributed by atoms with E-state index in [9.17, 15) is 0 Å². The standard InChI is InChI=1S/C26H38N4O2/c1-4-27-26(30(3)21-22-9-6-5-7-10-22)28-20-23-11-8-12-25(19-23)32-18-15-29(2)24-13-16-31-17-14-24/h5-12,19,24H,4,13-18,20-21H2,1-3H3,(H,27,28). The molecule has 1 saturated heterocycles. The number of hydrogen-bond acceptors (Lipinski definition) is 4. The molecule has 3 rings (SSSR count). The van der Waals surface area contributed by atoms with E-state index < -0.39 is 0 Å². The summed E-state index contributed by atoms with van der Waals surface area (Å²) in [6, 6.07) is 19.3. The van der Waals surface area contributed by atoms with Crippen LogP contribution in [0.3, 0.4) is 0 Å². The lowest BCUT2D eigenvalue weighted by atomic mass is 10.1. The van der Waals surface area contributed by atoms with E-state index in [1.165, 1.54) is 5.56 Å². The van der Waals surface area contributed by atoms with Crippen LogP contribution in [0.25, 0.3) is 0 Å². The fraction of sp³-hybridized carbons (Fsp3) is 0.500. The molecule has 0 unspecified atom stereocenters. The third kappa shape index (κ3) is 7.84. The smallest absolute Gasteiger partial charge is 0.194 e. The number of nitrogens with zero attached hydrogens (tertiary/aromatic N) is 3. The van der Waals surface area contributed by atoms with Crippen molar-refractivity contribution in [3.8, 4) is 5.75 Å². The zero-order valence-corrected chi connectivity index (χ0v) is 19.8. The minimum atomic E-state index is 0.602. The van der Waals surface area contributed by atoms with E-state index in [-0.39, 0.29) is 0 Å². The number of rotatable bonds is 10. The van der Waals surface area contributed by atoms with Crippen LogP contribution in [0.4, 0.5) is 0 Å². The molecule has 1 aliphatic rings. The number of hydrogen-bond donors (Lipinski definition) is 1. The second-order valence-electron chi connectivity index (χ2n) is 8.33. The molecule has 0 radical (unpaired) electrons. The van der Waals surface area contributed by atoms with Crippen molar-refractivity contribution < 1.29 is 9.47 Å². The van der Waals surface area contributed by atoms with Crippen molar-refractivity contribution in [2.75, 3.05) is 47.0 Å². The zero-order chi connectivity index (χ0) is 22.6. The maximum absolute atomic E-state index is 6.04. The van der Waals surface area contributed by atoms with Crippen molar-refractivity contribution in [2.24, 2.45) is 4.99 Å². The van der Waals surface area contributed by atoms with Crippen LogP contribution in [-0.2, 0) is 17.8 Å². The molecule has 0 spiro atoms. The molecule has 0 amide bonds. The second-order valence-corrected chi connectivity index (χ2v) is 8.33. The van der Waals surface area contributed by atoms with E-state index in [1.807, 2.05) is 18.2 Å². The summed E-state index contributed by atoms with van der Waals surface area (Å²) >= 11 is 0. The van der Waals surface area contributed by atoms with Crippen molar-refractivity contribution in [2.45, 2.75) is 38.9 Å². The third-order valence-electron chi connectivity index (χ3n) is 5.80. The molecule has 0 atom stereocenters. The van der Waals surface area contributed by atoms with Gasteiger partial charge in [0.05, 0.1) is 6.54 Å². The van der Waals surface area contributed by atoms with Gasteiger partial charge < -0.3 is 19.7 Å². The number of ether oxygens (including phenoxy) is 2. The van der Waals surface area contributed by atoms with Crippen LogP contribution in [0.5, 0.6) is 5.75 Å². The second kappa shape index (κ2) is 13.1. The first-order chi connectivity index (χ1) is 15.7. The minimum absolute atomic E-state index is 0.602. The molecule has 1 fully saturated rings. The molecule has 2 aromatic rings. The highest BCUT2D eigenvalue weighted by atomic mass is 16.5. The van der Waals surface area contributed by atoms with E-state index >= 15 is 0 Å². The normalized spacial score (nSPS) is 15.1. The van der Waals surface area contributed by atoms with E-state index in [0.717, 1.165) is 63.0 Å². The Morgan fingerprint density at radius 1 is 1.06 bits per heavy atom. The van der Waals surface area contributed by atoms with Gasteiger partial charge >= 0.3 is 0 Å². The first-order valence-electron chi connectivity index (χ1n) is 11.7. The molecular formula is C26H38N4O2. The van der Waals surface area contributed by atoms with Crippen LogP contribution < -0.4 is 10.1 Å². The number of aliphatic imine (C=N–C) groups is 1. The lowest BCUT2D eigenvalue weighted by Gasteiger charge is -2.31. The molecule has 0 aromatic heterocycles. The highest BCUT2D eigenvalue weighted by Crippen LogP contribution is 2.16. The summed E-state index contributed by atoms with van der Waals surface area (Å²) in [6.45, 7) is 7.70. The van der Waals surface area contributed by atoms with E-state index in [1.54, 1.807) is 0 Å². The van der Waals surface area contributed by atoms with Gasteiger partial charge in [-0.1, -0.05) is 42.5 Å². The molecule has 1 heterocycles. The van der Waals surface area contributed by atoms with Gasteiger partial charge in [-0.3, -0.25) is 4.90 Å². The Morgan fingerprint density at radius 2 is 1.81 bits per heavy atom. The molecule has 0 aliphatic carbocycles. The van der Waals surface area contributed by atoms with E-state index in [2.05, 4.69) is 72.5 Å². The van der Waals surface area contributed by atoms with Crippen molar-refractivity contribution in [3.63, 3.8) is 0 Å². The monoisotopic (exact) mass is 438 g/mol. The summed E-state index contributed by atoms with van der Waals surface area (Å²) < 4.78 is 11.5. The third-order valence-corrected chi connectivity index (χ3v) is 5.80. The van der Waals surface area contributed by atoms with Gasteiger partial charge in [-0.15, -0.1) is 0 Å². The fourth-order valence-corrected chi connectivity index (χ4v) is 3.92. The largest absolute Gasteiger partial charge is 0.492 e. The summed E-state index contributed by atoms with van der Waals surface area (Å²) in [5.74, 6) is 1.81. The summed E-state index contributed by atoms with van der Waals surface area (Å²) in [5.41, 5.74) is 2.41. The van der Waals surface area contributed by atoms with Gasteiger partial charge in [-0.2, -0.15) is 0 Å². The van der Waals surface area contributed by atoms with Crippen LogP contribution in [0.15, 0.2) is 59.6 Å². The van der Waals surface area contributed by atoms with Gasteiger partial charge in [0.2, 0.25) is 0 Å². The zero-order valence-electron chi connectivity index (χ0n) is 19.8. The number of guanidine groups is 1. The molecule has 0 bridgehead atoms. The van der Waals surface area contributed by atoms with Gasteiger partial charge in [0.1, 0.15) is 12.4 Å². The van der Waals surface area contributed by atoms with Crippen molar-refractivity contribution in [1.29, 1.82) is 0 Å². The van der Waals surface area contributed by atoms with E-state index in [4.69, 9.17) is 14.5 Å². The lowest BCUT2D eigenvalue weighted by molar-refractivity contribution is 0.0392. The molecule has 6 nitrogen and oxygen atoms in total. The van der Waals surface area contributed by atoms with Crippen LogP contribution in [-0.4, -0.2) is 68.8 Å². The maximum Gasteiger partial charge on any atom is 0.194 e. The van der Waals surface area contributed by atoms with Gasteiger partial charge in [-0.05, 0) is 50.1 Å². The Kier molecular flexibility index (Phi) is 9.85. The topological polar surface area (TPSA) is 49.3 Å². The van der Waals surface area contributed by atoms with E-state index in [0.29, 0.717) is 19.2 Å². The van der Waals surface area contributed by atoms with Crippen molar-refractivity contribution in [3.05, 3.63) is 65.7 Å². The molecular weight excluding hydrogens is 400 g/mol. The summed E-state index contributed by atoms with van der Waals surface area (Å²) in [7, 11) is 4.25. The first-order valence-corrected chi connectivity index (χ1v) is 11.7. The average Bonchev–Trinajstić information content (AvgIpc) is 2.83. The van der Waals surface area contributed by atoms with Crippen molar-refractivity contribution in [1.82, 2.24) is 15.1 Å². The maximum atomic E-state index is 6.04. The lowest BCUT2D eigenvalue weighted by Crippen LogP contribution is -2.38. The summed E-state index contributed by atoms with van der Waals surface area (Å²) in [4.78, 5) is 9.40. The van der Waals surface area contributed by atoms with Crippen LogP contribution in [0.1, 0.15) is 30.9 Å². The molecule has 0 saturated carbocycles. The molecule has 174 valence electrons. The molecule has 1 aliphatic heterocycles. The Morgan fingerprint density at radius 3 is 2.56 bits per heavy atom. The predicted molar refractivity (Wildman–Crippen MR) is 131 cm³/mol. The highest BCUT2D eigenvalue weighted by molar-refractivity contribution is 5.79. The summed E-state index contributed by atoms with van der Waals surface area (Å²) in [6.07, 6.45) is 2.22. The molecule has 2 aromatic carbocycles. The van der Waals surface area contributed by atoms with Gasteiger partial charge in [-0.25, -0.2) is 4.99 Å². The van der Waals surface area contributed by atoms with Crippen LogP contribution in [0, 0.1) is 0 Å². The Balaban J connectivity index is 1.51. The fourth-order valence-electron chi connectivity index (χ4n) is 3.92. The van der Waals surface area contributed by atoms with Crippen LogP contribution in [0.2, 0.25) is 0 Å². The Bertz CT molecular complexity index is 822. The quantitative estimate of drug-likeness (QED) is 0.452. The highest BCUT2D eigenvalue weighted by Gasteiger charge is 2.18. The SMILES string of the molecule is CCNC(=NCc1cccc(OCCN(C)C2CCOCC2)c1)N(C)Cc1ccccc1. The van der Waals surface area contributed by atoms with Crippen molar-refractivity contribution >= 4 is 5.96 Å². The first kappa shape index (κ1) is 24.1. The molecule has 1 N–H and O–H groups in total. The molecule has 32 heavy (non-hydrogen) atoms. The van der Waals surface area contributed by atoms with Gasteiger partial charge in [0.25, 0.3) is 0 Å². The Labute approximate surface area is 193 Å². The number of likely N-dealkylation sites (N-methyl/N-ethyl adjacent to an activating group) is 1.